The van der Waals surface area contributed by atoms with Crippen LogP contribution in [0.25, 0.3) is 0 Å². The maximum Gasteiger partial charge on any atom is 0.310 e. The Bertz CT molecular complexity index is 438. The minimum absolute atomic E-state index is 0.0325. The van der Waals surface area contributed by atoms with Gasteiger partial charge in [0, 0.05) is 23.0 Å². The zero-order chi connectivity index (χ0) is 14.7. The lowest BCUT2D eigenvalue weighted by Crippen LogP contribution is -2.41. The van der Waals surface area contributed by atoms with Crippen LogP contribution in [0.2, 0.25) is 0 Å². The van der Waals surface area contributed by atoms with E-state index in [-0.39, 0.29) is 5.41 Å². The van der Waals surface area contributed by atoms with Crippen LogP contribution in [0.4, 0.5) is 0 Å². The summed E-state index contributed by atoms with van der Waals surface area (Å²) in [5, 5.41) is 12.3. The molecule has 0 unspecified atom stereocenters. The second-order valence-electron chi connectivity index (χ2n) is 6.18. The molecule has 3 nitrogen and oxygen atoms in total. The van der Waals surface area contributed by atoms with E-state index < -0.39 is 11.4 Å². The van der Waals surface area contributed by atoms with E-state index in [1.54, 1.807) is 13.8 Å². The molecule has 0 radical (unpaired) electrons. The summed E-state index contributed by atoms with van der Waals surface area (Å²) in [5.41, 5.74) is 0.460. The molecular formula is C15H22BrNO2. The smallest absolute Gasteiger partial charge is 0.310 e. The molecule has 0 saturated carbocycles. The Hall–Kier alpha value is -0.870. The first-order valence-corrected chi connectivity index (χ1v) is 7.15. The van der Waals surface area contributed by atoms with E-state index in [9.17, 15) is 4.79 Å². The van der Waals surface area contributed by atoms with Crippen molar-refractivity contribution in [3.63, 3.8) is 0 Å². The molecule has 1 aromatic rings. The van der Waals surface area contributed by atoms with Gasteiger partial charge in [-0.25, -0.2) is 0 Å². The highest BCUT2D eigenvalue weighted by atomic mass is 79.9. The van der Waals surface area contributed by atoms with Gasteiger partial charge in [0.1, 0.15) is 0 Å². The van der Waals surface area contributed by atoms with Gasteiger partial charge in [0.25, 0.3) is 0 Å². The lowest BCUT2D eigenvalue weighted by Gasteiger charge is -2.28. The molecular weight excluding hydrogens is 306 g/mol. The molecule has 0 aliphatic carbocycles. The highest BCUT2D eigenvalue weighted by Crippen LogP contribution is 2.24. The number of carbonyl (C=O) groups is 1. The third kappa shape index (κ3) is 4.62. The van der Waals surface area contributed by atoms with E-state index >= 15 is 0 Å². The monoisotopic (exact) mass is 327 g/mol. The topological polar surface area (TPSA) is 49.3 Å². The number of carboxylic acids is 1. The Morgan fingerprint density at radius 1 is 1.16 bits per heavy atom. The quantitative estimate of drug-likeness (QED) is 0.841. The van der Waals surface area contributed by atoms with Crippen LogP contribution in [0, 0.1) is 5.41 Å². The Labute approximate surface area is 123 Å². The summed E-state index contributed by atoms with van der Waals surface area (Å²) in [5.74, 6) is -0.776. The molecule has 0 atom stereocenters. The van der Waals surface area contributed by atoms with E-state index in [2.05, 4.69) is 47.2 Å². The number of aliphatic carboxylic acids is 1. The Kier molecular flexibility index (Phi) is 5.16. The molecule has 0 aliphatic rings. The zero-order valence-corrected chi connectivity index (χ0v) is 13.5. The van der Waals surface area contributed by atoms with E-state index in [0.717, 1.165) is 11.0 Å². The van der Waals surface area contributed by atoms with Gasteiger partial charge in [-0.3, -0.25) is 4.79 Å². The van der Waals surface area contributed by atoms with Gasteiger partial charge in [-0.05, 0) is 31.5 Å². The maximum atomic E-state index is 11.0. The Balaban J connectivity index is 2.61. The van der Waals surface area contributed by atoms with Crippen molar-refractivity contribution in [3.05, 3.63) is 34.3 Å². The molecule has 0 bridgehead atoms. The van der Waals surface area contributed by atoms with Gasteiger partial charge in [-0.15, -0.1) is 0 Å². The van der Waals surface area contributed by atoms with Crippen LogP contribution in [-0.2, 0) is 10.2 Å². The summed E-state index contributed by atoms with van der Waals surface area (Å²) in [6.45, 7) is 8.96. The molecule has 1 rings (SSSR count). The van der Waals surface area contributed by atoms with Crippen LogP contribution in [0.5, 0.6) is 0 Å². The van der Waals surface area contributed by atoms with Crippen LogP contribution in [0.1, 0.15) is 33.3 Å². The van der Waals surface area contributed by atoms with Crippen LogP contribution in [0.15, 0.2) is 28.7 Å². The van der Waals surface area contributed by atoms with Crippen molar-refractivity contribution >= 4 is 21.9 Å². The average Bonchev–Trinajstić information content (AvgIpc) is 2.28. The van der Waals surface area contributed by atoms with Crippen LogP contribution < -0.4 is 5.32 Å². The number of rotatable bonds is 6. The van der Waals surface area contributed by atoms with Gasteiger partial charge in [0.2, 0.25) is 0 Å². The lowest BCUT2D eigenvalue weighted by molar-refractivity contribution is -0.146. The van der Waals surface area contributed by atoms with Gasteiger partial charge in [0.05, 0.1) is 5.41 Å². The van der Waals surface area contributed by atoms with Gasteiger partial charge in [-0.2, -0.15) is 0 Å². The third-order valence-electron chi connectivity index (χ3n) is 3.34. The zero-order valence-electron chi connectivity index (χ0n) is 12.0. The lowest BCUT2D eigenvalue weighted by atomic mass is 9.84. The maximum absolute atomic E-state index is 11.0. The summed E-state index contributed by atoms with van der Waals surface area (Å²) in [6, 6.07) is 8.23. The second kappa shape index (κ2) is 6.06. The summed E-state index contributed by atoms with van der Waals surface area (Å²) in [4.78, 5) is 11.0. The molecule has 0 aromatic heterocycles. The Morgan fingerprint density at radius 2 is 1.68 bits per heavy atom. The number of carboxylic acid groups (broad SMARTS) is 1. The molecule has 0 spiro atoms. The Morgan fingerprint density at radius 3 is 2.16 bits per heavy atom. The van der Waals surface area contributed by atoms with Crippen molar-refractivity contribution in [2.45, 2.75) is 33.1 Å². The third-order valence-corrected chi connectivity index (χ3v) is 3.87. The second-order valence-corrected chi connectivity index (χ2v) is 7.10. The minimum Gasteiger partial charge on any atom is -0.481 e. The fourth-order valence-electron chi connectivity index (χ4n) is 1.77. The van der Waals surface area contributed by atoms with Crippen molar-refractivity contribution in [3.8, 4) is 0 Å². The molecule has 1 aromatic carbocycles. The summed E-state index contributed by atoms with van der Waals surface area (Å²) in [6.07, 6.45) is 0. The first-order valence-electron chi connectivity index (χ1n) is 6.35. The van der Waals surface area contributed by atoms with Crippen molar-refractivity contribution in [1.29, 1.82) is 0 Å². The largest absolute Gasteiger partial charge is 0.481 e. The number of halogens is 1. The molecule has 0 aliphatic heterocycles. The van der Waals surface area contributed by atoms with Crippen LogP contribution in [-0.4, -0.2) is 24.2 Å². The summed E-state index contributed by atoms with van der Waals surface area (Å²) in [7, 11) is 0. The molecule has 0 saturated heterocycles. The molecule has 2 N–H and O–H groups in total. The molecule has 0 amide bonds. The fraction of sp³-hybridized carbons (Fsp3) is 0.533. The number of benzene rings is 1. The van der Waals surface area contributed by atoms with Gasteiger partial charge in [-0.1, -0.05) is 41.9 Å². The first kappa shape index (κ1) is 16.2. The van der Waals surface area contributed by atoms with Gasteiger partial charge >= 0.3 is 5.97 Å². The molecule has 106 valence electrons. The highest BCUT2D eigenvalue weighted by molar-refractivity contribution is 9.10. The van der Waals surface area contributed by atoms with Gasteiger partial charge < -0.3 is 10.4 Å². The molecule has 0 fully saturated rings. The summed E-state index contributed by atoms with van der Waals surface area (Å²) >= 11 is 3.43. The van der Waals surface area contributed by atoms with E-state index in [4.69, 9.17) is 5.11 Å². The molecule has 19 heavy (non-hydrogen) atoms. The van der Waals surface area contributed by atoms with E-state index in [1.165, 1.54) is 5.56 Å². The molecule has 4 heteroatoms. The van der Waals surface area contributed by atoms with Crippen molar-refractivity contribution in [1.82, 2.24) is 5.32 Å². The SMILES string of the molecule is CC(C)(CNCC(C)(C)c1ccc(Br)cc1)C(=O)O. The predicted octanol–water partition coefficient (Wildman–Crippen LogP) is 3.43. The minimum atomic E-state index is -0.776. The summed E-state index contributed by atoms with van der Waals surface area (Å²) < 4.78 is 1.06. The van der Waals surface area contributed by atoms with Gasteiger partial charge in [0.15, 0.2) is 0 Å². The highest BCUT2D eigenvalue weighted by Gasteiger charge is 2.28. The normalized spacial score (nSPS) is 12.5. The number of hydrogen-bond donors (Lipinski definition) is 2. The fourth-order valence-corrected chi connectivity index (χ4v) is 2.03. The van der Waals surface area contributed by atoms with Crippen molar-refractivity contribution in [2.24, 2.45) is 5.41 Å². The van der Waals surface area contributed by atoms with Crippen LogP contribution >= 0.6 is 15.9 Å². The first-order chi connectivity index (χ1) is 8.65. The van der Waals surface area contributed by atoms with Crippen molar-refractivity contribution < 1.29 is 9.90 Å². The van der Waals surface area contributed by atoms with Crippen LogP contribution in [0.3, 0.4) is 0 Å². The molecule has 0 heterocycles. The van der Waals surface area contributed by atoms with Crippen molar-refractivity contribution in [2.75, 3.05) is 13.1 Å². The average molecular weight is 328 g/mol. The van der Waals surface area contributed by atoms with E-state index in [0.29, 0.717) is 6.54 Å². The predicted molar refractivity (Wildman–Crippen MR) is 81.5 cm³/mol. The standard InChI is InChI=1S/C15H22BrNO2/c1-14(2,11-5-7-12(16)8-6-11)9-17-10-15(3,4)13(18)19/h5-8,17H,9-10H2,1-4H3,(H,18,19). The number of hydrogen-bond acceptors (Lipinski definition) is 2. The number of nitrogens with one attached hydrogen (secondary N) is 1. The van der Waals surface area contributed by atoms with E-state index in [1.807, 2.05) is 12.1 Å².